The highest BCUT2D eigenvalue weighted by molar-refractivity contribution is 5.79. The Labute approximate surface area is 138 Å². The van der Waals surface area contributed by atoms with Crippen LogP contribution in [0.1, 0.15) is 38.8 Å². The Kier molecular flexibility index (Phi) is 4.23. The molecule has 23 heavy (non-hydrogen) atoms. The van der Waals surface area contributed by atoms with E-state index in [4.69, 9.17) is 20.2 Å². The van der Waals surface area contributed by atoms with Crippen molar-refractivity contribution in [1.82, 2.24) is 5.32 Å². The Hall–Kier alpha value is -1.75. The van der Waals surface area contributed by atoms with Gasteiger partial charge in [-0.2, -0.15) is 0 Å². The average Bonchev–Trinajstić information content (AvgIpc) is 2.53. The largest absolute Gasteiger partial charge is 0.493 e. The van der Waals surface area contributed by atoms with E-state index in [1.54, 1.807) is 7.11 Å². The van der Waals surface area contributed by atoms with Crippen LogP contribution in [0.25, 0.3) is 0 Å². The number of ether oxygens (including phenoxy) is 2. The molecular formula is C18H27N3O2. The third-order valence-electron chi connectivity index (χ3n) is 5.32. The van der Waals surface area contributed by atoms with Gasteiger partial charge in [0.2, 0.25) is 0 Å². The second-order valence-electron chi connectivity index (χ2n) is 7.16. The van der Waals surface area contributed by atoms with Crippen LogP contribution in [0.3, 0.4) is 0 Å². The third-order valence-corrected chi connectivity index (χ3v) is 5.32. The molecule has 0 spiro atoms. The van der Waals surface area contributed by atoms with Gasteiger partial charge in [-0.05, 0) is 6.07 Å². The Morgan fingerprint density at radius 1 is 1.39 bits per heavy atom. The van der Waals surface area contributed by atoms with Crippen molar-refractivity contribution < 1.29 is 9.47 Å². The van der Waals surface area contributed by atoms with Crippen molar-refractivity contribution in [2.75, 3.05) is 13.7 Å². The maximum atomic E-state index is 6.20. The fourth-order valence-corrected chi connectivity index (χ4v) is 4.25. The molecule has 2 aliphatic rings. The molecule has 0 aromatic heterocycles. The van der Waals surface area contributed by atoms with Gasteiger partial charge in [0.25, 0.3) is 0 Å². The maximum absolute atomic E-state index is 6.20. The SMILES string of the molecule is COC1C(C)C(NC(N)=NC2CCOc3ccccc32)C1(C)C. The monoisotopic (exact) mass is 317 g/mol. The predicted molar refractivity (Wildman–Crippen MR) is 91.6 cm³/mol. The lowest BCUT2D eigenvalue weighted by Gasteiger charge is -2.56. The zero-order valence-corrected chi connectivity index (χ0v) is 14.4. The van der Waals surface area contributed by atoms with E-state index in [2.05, 4.69) is 32.2 Å². The molecule has 4 atom stereocenters. The van der Waals surface area contributed by atoms with E-state index >= 15 is 0 Å². The standard InChI is InChI=1S/C18H27N3O2/c1-11-15(18(2,3)16(11)22-4)21-17(19)20-13-9-10-23-14-8-6-5-7-12(13)14/h5-8,11,13,15-16H,9-10H2,1-4H3,(H3,19,20,21). The van der Waals surface area contributed by atoms with E-state index in [1.165, 1.54) is 0 Å². The number of guanidine groups is 1. The minimum absolute atomic E-state index is 0.0435. The van der Waals surface area contributed by atoms with Crippen LogP contribution in [0, 0.1) is 11.3 Å². The number of fused-ring (bicyclic) bond motifs is 1. The van der Waals surface area contributed by atoms with Crippen LogP contribution in [-0.2, 0) is 4.74 Å². The fourth-order valence-electron chi connectivity index (χ4n) is 4.25. The van der Waals surface area contributed by atoms with Gasteiger partial charge in [0, 0.05) is 36.5 Å². The summed E-state index contributed by atoms with van der Waals surface area (Å²) >= 11 is 0. The zero-order valence-electron chi connectivity index (χ0n) is 14.4. The first-order valence-corrected chi connectivity index (χ1v) is 8.29. The minimum Gasteiger partial charge on any atom is -0.493 e. The van der Waals surface area contributed by atoms with Gasteiger partial charge in [-0.25, -0.2) is 4.99 Å². The highest BCUT2D eigenvalue weighted by Crippen LogP contribution is 2.46. The number of benzene rings is 1. The number of hydrogen-bond donors (Lipinski definition) is 2. The molecule has 0 radical (unpaired) electrons. The summed E-state index contributed by atoms with van der Waals surface area (Å²) in [6.45, 7) is 7.27. The van der Waals surface area contributed by atoms with Gasteiger partial charge >= 0.3 is 0 Å². The number of aliphatic imine (C=N–C) groups is 1. The summed E-state index contributed by atoms with van der Waals surface area (Å²) in [5, 5.41) is 3.41. The number of rotatable bonds is 3. The van der Waals surface area contributed by atoms with Crippen molar-refractivity contribution in [2.24, 2.45) is 22.1 Å². The van der Waals surface area contributed by atoms with Crippen LogP contribution >= 0.6 is 0 Å². The normalized spacial score (nSPS) is 32.4. The van der Waals surface area contributed by atoms with E-state index in [-0.39, 0.29) is 23.6 Å². The van der Waals surface area contributed by atoms with E-state index in [0.29, 0.717) is 18.5 Å². The molecule has 1 aromatic carbocycles. The molecule has 5 nitrogen and oxygen atoms in total. The van der Waals surface area contributed by atoms with Gasteiger partial charge in [-0.1, -0.05) is 39.0 Å². The maximum Gasteiger partial charge on any atom is 0.189 e. The first-order chi connectivity index (χ1) is 10.9. The molecule has 1 aliphatic carbocycles. The topological polar surface area (TPSA) is 68.9 Å². The Bertz CT molecular complexity index is 600. The van der Waals surface area contributed by atoms with Gasteiger partial charge in [0.15, 0.2) is 5.96 Å². The van der Waals surface area contributed by atoms with Crippen molar-refractivity contribution in [3.8, 4) is 5.75 Å². The van der Waals surface area contributed by atoms with Gasteiger partial charge < -0.3 is 20.5 Å². The summed E-state index contributed by atoms with van der Waals surface area (Å²) in [5.41, 5.74) is 7.35. The fraction of sp³-hybridized carbons (Fsp3) is 0.611. The van der Waals surface area contributed by atoms with E-state index in [9.17, 15) is 0 Å². The average molecular weight is 317 g/mol. The van der Waals surface area contributed by atoms with Gasteiger partial charge in [0.05, 0.1) is 18.8 Å². The van der Waals surface area contributed by atoms with Crippen LogP contribution in [-0.4, -0.2) is 31.8 Å². The van der Waals surface area contributed by atoms with E-state index < -0.39 is 0 Å². The van der Waals surface area contributed by atoms with Gasteiger partial charge in [-0.15, -0.1) is 0 Å². The quantitative estimate of drug-likeness (QED) is 0.664. The lowest BCUT2D eigenvalue weighted by atomic mass is 9.58. The van der Waals surface area contributed by atoms with E-state index in [0.717, 1.165) is 17.7 Å². The Morgan fingerprint density at radius 2 is 2.13 bits per heavy atom. The number of hydrogen-bond acceptors (Lipinski definition) is 3. The summed E-state index contributed by atoms with van der Waals surface area (Å²) < 4.78 is 11.3. The number of methoxy groups -OCH3 is 1. The number of nitrogens with zero attached hydrogens (tertiary/aromatic N) is 1. The van der Waals surface area contributed by atoms with E-state index in [1.807, 2.05) is 18.2 Å². The van der Waals surface area contributed by atoms with Crippen LogP contribution < -0.4 is 15.8 Å². The van der Waals surface area contributed by atoms with Crippen LogP contribution in [0.5, 0.6) is 5.75 Å². The first-order valence-electron chi connectivity index (χ1n) is 8.29. The summed E-state index contributed by atoms with van der Waals surface area (Å²) in [5.74, 6) is 1.83. The van der Waals surface area contributed by atoms with Crippen molar-refractivity contribution in [3.63, 3.8) is 0 Å². The lowest BCUT2D eigenvalue weighted by molar-refractivity contribution is -0.139. The van der Waals surface area contributed by atoms with Crippen LogP contribution in [0.2, 0.25) is 0 Å². The molecule has 1 aromatic rings. The molecule has 5 heteroatoms. The molecule has 1 heterocycles. The van der Waals surface area contributed by atoms with Gasteiger partial charge in [0.1, 0.15) is 5.75 Å². The van der Waals surface area contributed by atoms with Crippen molar-refractivity contribution in [3.05, 3.63) is 29.8 Å². The summed E-state index contributed by atoms with van der Waals surface area (Å²) in [7, 11) is 1.77. The molecule has 3 N–H and O–H groups in total. The predicted octanol–water partition coefficient (Wildman–Crippen LogP) is 2.47. The highest BCUT2D eigenvalue weighted by atomic mass is 16.5. The lowest BCUT2D eigenvalue weighted by Crippen LogP contribution is -2.68. The molecule has 1 saturated carbocycles. The number of para-hydroxylation sites is 1. The molecular weight excluding hydrogens is 290 g/mol. The third kappa shape index (κ3) is 2.78. The molecule has 0 saturated heterocycles. The number of nitrogens with two attached hydrogens (primary N) is 1. The summed E-state index contributed by atoms with van der Waals surface area (Å²) in [4.78, 5) is 4.71. The summed E-state index contributed by atoms with van der Waals surface area (Å²) in [6, 6.07) is 8.37. The molecule has 4 unspecified atom stereocenters. The molecule has 3 rings (SSSR count). The van der Waals surface area contributed by atoms with Gasteiger partial charge in [-0.3, -0.25) is 0 Å². The minimum atomic E-state index is 0.0435. The molecule has 126 valence electrons. The Morgan fingerprint density at radius 3 is 2.83 bits per heavy atom. The zero-order chi connectivity index (χ0) is 16.6. The van der Waals surface area contributed by atoms with Crippen molar-refractivity contribution in [2.45, 2.75) is 45.4 Å². The first kappa shape index (κ1) is 16.1. The molecule has 1 fully saturated rings. The smallest absolute Gasteiger partial charge is 0.189 e. The Balaban J connectivity index is 1.72. The van der Waals surface area contributed by atoms with Crippen LogP contribution in [0.15, 0.2) is 29.3 Å². The second-order valence-corrected chi connectivity index (χ2v) is 7.16. The van der Waals surface area contributed by atoms with Crippen LogP contribution in [0.4, 0.5) is 0 Å². The molecule has 0 bridgehead atoms. The summed E-state index contributed by atoms with van der Waals surface area (Å²) in [6.07, 6.45) is 1.10. The highest BCUT2D eigenvalue weighted by Gasteiger charge is 2.54. The molecule has 0 amide bonds. The number of nitrogens with one attached hydrogen (secondary N) is 1. The van der Waals surface area contributed by atoms with Crippen molar-refractivity contribution >= 4 is 5.96 Å². The second kappa shape index (κ2) is 6.04. The molecule has 1 aliphatic heterocycles. The van der Waals surface area contributed by atoms with Crippen molar-refractivity contribution in [1.29, 1.82) is 0 Å².